The van der Waals surface area contributed by atoms with Crippen LogP contribution in [-0.2, 0) is 20.7 Å². The van der Waals surface area contributed by atoms with Crippen molar-refractivity contribution in [1.29, 1.82) is 0 Å². The van der Waals surface area contributed by atoms with Crippen LogP contribution in [0.4, 0.5) is 4.79 Å². The molecular formula is C19H30N6O6. The Morgan fingerprint density at radius 1 is 1.10 bits per heavy atom. The lowest BCUT2D eigenvalue weighted by molar-refractivity contribution is -0.157. The molecule has 12 nitrogen and oxygen atoms in total. The summed E-state index contributed by atoms with van der Waals surface area (Å²) < 4.78 is 21.8. The summed E-state index contributed by atoms with van der Waals surface area (Å²) in [5, 5.41) is 20.1. The molecule has 2 aromatic heterocycles. The Labute approximate surface area is 180 Å². The molecule has 0 aliphatic carbocycles. The Morgan fingerprint density at radius 2 is 1.74 bits per heavy atom. The monoisotopic (exact) mass is 438 g/mol. The van der Waals surface area contributed by atoms with Gasteiger partial charge in [-0.3, -0.25) is 0 Å². The van der Waals surface area contributed by atoms with Gasteiger partial charge in [0, 0.05) is 6.42 Å². The van der Waals surface area contributed by atoms with Gasteiger partial charge in [0.15, 0.2) is 0 Å². The van der Waals surface area contributed by atoms with E-state index in [-0.39, 0.29) is 30.0 Å². The van der Waals surface area contributed by atoms with E-state index < -0.39 is 29.3 Å². The van der Waals surface area contributed by atoms with Gasteiger partial charge in [0.05, 0.1) is 11.7 Å². The first kappa shape index (κ1) is 24.1. The SMILES string of the molecule is CC(C)Oc1noc(-c2nn[nH]n2)c1CC(NC(=O)OC(C)(C)C)C(=O)OC(C)(C)C. The first-order chi connectivity index (χ1) is 14.2. The number of H-pyrrole nitrogens is 1. The molecule has 12 heteroatoms. The molecular weight excluding hydrogens is 408 g/mol. The minimum absolute atomic E-state index is 0.0659. The highest BCUT2D eigenvalue weighted by Gasteiger charge is 2.33. The molecule has 0 saturated carbocycles. The molecule has 31 heavy (non-hydrogen) atoms. The van der Waals surface area contributed by atoms with Gasteiger partial charge in [-0.1, -0.05) is 0 Å². The third-order valence-electron chi connectivity index (χ3n) is 3.44. The predicted molar refractivity (Wildman–Crippen MR) is 108 cm³/mol. The molecule has 2 rings (SSSR count). The van der Waals surface area contributed by atoms with Crippen molar-refractivity contribution in [2.24, 2.45) is 0 Å². The number of nitrogens with one attached hydrogen (secondary N) is 2. The van der Waals surface area contributed by atoms with Crippen molar-refractivity contribution >= 4 is 12.1 Å². The maximum absolute atomic E-state index is 12.9. The molecule has 2 N–H and O–H groups in total. The fourth-order valence-electron chi connectivity index (χ4n) is 2.44. The molecule has 1 atom stereocenters. The summed E-state index contributed by atoms with van der Waals surface area (Å²) in [5.74, 6) is -0.228. The first-order valence-corrected chi connectivity index (χ1v) is 9.86. The number of aromatic amines is 1. The number of tetrazole rings is 1. The van der Waals surface area contributed by atoms with Crippen molar-refractivity contribution in [1.82, 2.24) is 31.1 Å². The number of alkyl carbamates (subject to hydrolysis) is 1. The van der Waals surface area contributed by atoms with Crippen LogP contribution in [0.15, 0.2) is 4.52 Å². The fraction of sp³-hybridized carbons (Fsp3) is 0.684. The molecule has 1 amide bonds. The average molecular weight is 438 g/mol. The number of rotatable bonds is 7. The Balaban J connectivity index is 2.39. The van der Waals surface area contributed by atoms with E-state index in [1.54, 1.807) is 41.5 Å². The molecule has 0 spiro atoms. The lowest BCUT2D eigenvalue weighted by Crippen LogP contribution is -2.47. The van der Waals surface area contributed by atoms with Crippen molar-refractivity contribution in [2.75, 3.05) is 0 Å². The second-order valence-electron chi connectivity index (χ2n) is 9.13. The molecule has 2 aromatic rings. The van der Waals surface area contributed by atoms with Gasteiger partial charge in [0.1, 0.15) is 17.2 Å². The molecule has 0 aromatic carbocycles. The van der Waals surface area contributed by atoms with Gasteiger partial charge in [0.2, 0.25) is 11.6 Å². The van der Waals surface area contributed by atoms with E-state index in [1.165, 1.54) is 0 Å². The van der Waals surface area contributed by atoms with Crippen molar-refractivity contribution in [3.05, 3.63) is 5.56 Å². The number of hydrogen-bond acceptors (Lipinski definition) is 10. The zero-order valence-corrected chi connectivity index (χ0v) is 19.1. The highest BCUT2D eigenvalue weighted by molar-refractivity contribution is 5.82. The summed E-state index contributed by atoms with van der Waals surface area (Å²) in [6.45, 7) is 14.0. The second-order valence-corrected chi connectivity index (χ2v) is 9.13. The van der Waals surface area contributed by atoms with Crippen molar-refractivity contribution in [3.8, 4) is 17.5 Å². The minimum atomic E-state index is -1.12. The van der Waals surface area contributed by atoms with Crippen LogP contribution >= 0.6 is 0 Å². The van der Waals surface area contributed by atoms with Crippen LogP contribution in [0.2, 0.25) is 0 Å². The Kier molecular flexibility index (Phi) is 7.24. The average Bonchev–Trinajstić information content (AvgIpc) is 3.20. The first-order valence-electron chi connectivity index (χ1n) is 9.86. The Bertz CT molecular complexity index is 879. The molecule has 0 aliphatic heterocycles. The summed E-state index contributed by atoms with van der Waals surface area (Å²) in [6, 6.07) is -1.12. The van der Waals surface area contributed by atoms with Crippen molar-refractivity contribution in [2.45, 2.75) is 85.2 Å². The van der Waals surface area contributed by atoms with E-state index in [0.717, 1.165) is 0 Å². The van der Waals surface area contributed by atoms with Gasteiger partial charge in [-0.15, -0.1) is 10.2 Å². The lowest BCUT2D eigenvalue weighted by atomic mass is 10.1. The summed E-state index contributed by atoms with van der Waals surface area (Å²) >= 11 is 0. The number of amides is 1. The largest absolute Gasteiger partial charge is 0.473 e. The molecule has 172 valence electrons. The number of carbonyl (C=O) groups is 2. The van der Waals surface area contributed by atoms with Gasteiger partial charge in [0.25, 0.3) is 5.88 Å². The van der Waals surface area contributed by atoms with E-state index in [1.807, 2.05) is 13.8 Å². The van der Waals surface area contributed by atoms with Crippen molar-refractivity contribution in [3.63, 3.8) is 0 Å². The topological polar surface area (TPSA) is 154 Å². The highest BCUT2D eigenvalue weighted by Crippen LogP contribution is 2.30. The Hall–Kier alpha value is -3.18. The normalized spacial score (nSPS) is 13.1. The van der Waals surface area contributed by atoms with E-state index in [2.05, 4.69) is 31.1 Å². The van der Waals surface area contributed by atoms with Crippen molar-refractivity contribution < 1.29 is 28.3 Å². The third kappa shape index (κ3) is 7.54. The van der Waals surface area contributed by atoms with Crippen LogP contribution in [0.25, 0.3) is 11.6 Å². The summed E-state index contributed by atoms with van der Waals surface area (Å²) in [6.07, 6.45) is -1.06. The number of esters is 1. The van der Waals surface area contributed by atoms with Gasteiger partial charge >= 0.3 is 12.1 Å². The van der Waals surface area contributed by atoms with Crippen LogP contribution in [0.1, 0.15) is 61.0 Å². The zero-order chi connectivity index (χ0) is 23.4. The van der Waals surface area contributed by atoms with E-state index in [0.29, 0.717) is 5.56 Å². The van der Waals surface area contributed by atoms with E-state index >= 15 is 0 Å². The highest BCUT2D eigenvalue weighted by atomic mass is 16.6. The molecule has 2 heterocycles. The van der Waals surface area contributed by atoms with Gasteiger partial charge in [-0.25, -0.2) is 9.59 Å². The standard InChI is InChI=1S/C19H30N6O6/c1-10(2)28-15-11(13(31-23-15)14-21-24-25-22-14)9-12(16(26)29-18(3,4)5)20-17(27)30-19(6,7)8/h10,12H,9H2,1-8H3,(H,20,27)(H,21,22,24,25). The van der Waals surface area contributed by atoms with E-state index in [9.17, 15) is 9.59 Å². The molecule has 0 aliphatic rings. The number of carbonyl (C=O) groups excluding carboxylic acids is 2. The maximum atomic E-state index is 12.9. The molecule has 0 fully saturated rings. The van der Waals surface area contributed by atoms with E-state index in [4.69, 9.17) is 18.7 Å². The molecule has 1 unspecified atom stereocenters. The smallest absolute Gasteiger partial charge is 0.408 e. The summed E-state index contributed by atoms with van der Waals surface area (Å²) in [4.78, 5) is 25.3. The lowest BCUT2D eigenvalue weighted by Gasteiger charge is -2.26. The fourth-order valence-corrected chi connectivity index (χ4v) is 2.44. The van der Waals surface area contributed by atoms with Crippen LogP contribution in [0.3, 0.4) is 0 Å². The summed E-state index contributed by atoms with van der Waals surface area (Å²) in [7, 11) is 0. The van der Waals surface area contributed by atoms with Crippen LogP contribution in [0.5, 0.6) is 5.88 Å². The molecule has 0 bridgehead atoms. The maximum Gasteiger partial charge on any atom is 0.408 e. The number of ether oxygens (including phenoxy) is 3. The third-order valence-corrected chi connectivity index (χ3v) is 3.44. The predicted octanol–water partition coefficient (Wildman–Crippen LogP) is 2.42. The number of nitrogens with zero attached hydrogens (tertiary/aromatic N) is 4. The van der Waals surface area contributed by atoms with Crippen LogP contribution in [0, 0.1) is 0 Å². The molecule has 0 radical (unpaired) electrons. The van der Waals surface area contributed by atoms with Crippen LogP contribution in [-0.4, -0.2) is 61.2 Å². The Morgan fingerprint density at radius 3 is 2.26 bits per heavy atom. The second kappa shape index (κ2) is 9.31. The quantitative estimate of drug-likeness (QED) is 0.616. The number of aromatic nitrogens is 5. The molecule has 0 saturated heterocycles. The van der Waals surface area contributed by atoms with Crippen LogP contribution < -0.4 is 10.1 Å². The summed E-state index contributed by atoms with van der Waals surface area (Å²) in [5.41, 5.74) is -1.14. The van der Waals surface area contributed by atoms with Gasteiger partial charge < -0.3 is 24.1 Å². The van der Waals surface area contributed by atoms with Gasteiger partial charge in [-0.2, -0.15) is 5.21 Å². The van der Waals surface area contributed by atoms with Gasteiger partial charge in [-0.05, 0) is 65.8 Å². The zero-order valence-electron chi connectivity index (χ0n) is 19.1. The minimum Gasteiger partial charge on any atom is -0.473 e. The number of hydrogen-bond donors (Lipinski definition) is 2.